The van der Waals surface area contributed by atoms with E-state index < -0.39 is 0 Å². The highest BCUT2D eigenvalue weighted by molar-refractivity contribution is 7.98. The van der Waals surface area contributed by atoms with Crippen LogP contribution in [0.4, 0.5) is 0 Å². The topological polar surface area (TPSA) is 38.5 Å². The molecule has 3 nitrogen and oxygen atoms in total. The molecular weight excluding hydrogens is 268 g/mol. The predicted octanol–water partition coefficient (Wildman–Crippen LogP) is 3.16. The third-order valence-electron chi connectivity index (χ3n) is 3.83. The normalized spacial score (nSPS) is 14.5. The van der Waals surface area contributed by atoms with Crippen LogP contribution in [0, 0.1) is 0 Å². The van der Waals surface area contributed by atoms with Crippen LogP contribution < -0.4 is 5.73 Å². The van der Waals surface area contributed by atoms with Gasteiger partial charge in [0, 0.05) is 37.2 Å². The monoisotopic (exact) mass is 296 g/mol. The van der Waals surface area contributed by atoms with Crippen molar-refractivity contribution in [3.63, 3.8) is 0 Å². The van der Waals surface area contributed by atoms with E-state index in [4.69, 9.17) is 10.5 Å². The van der Waals surface area contributed by atoms with Crippen molar-refractivity contribution in [1.29, 1.82) is 0 Å². The second-order valence-electron chi connectivity index (χ2n) is 5.01. The molecule has 20 heavy (non-hydrogen) atoms. The van der Waals surface area contributed by atoms with Gasteiger partial charge in [-0.3, -0.25) is 4.90 Å². The minimum Gasteiger partial charge on any atom is -0.383 e. The van der Waals surface area contributed by atoms with Crippen molar-refractivity contribution >= 4 is 11.8 Å². The number of hydrogen-bond donors (Lipinski definition) is 1. The Labute approximate surface area is 127 Å². The molecule has 2 unspecified atom stereocenters. The van der Waals surface area contributed by atoms with Crippen LogP contribution in [0.25, 0.3) is 0 Å². The summed E-state index contributed by atoms with van der Waals surface area (Å²) >= 11 is 1.77. The van der Waals surface area contributed by atoms with E-state index in [0.29, 0.717) is 12.6 Å². The van der Waals surface area contributed by atoms with Crippen LogP contribution in [0.3, 0.4) is 0 Å². The Morgan fingerprint density at radius 2 is 1.95 bits per heavy atom. The number of hydrogen-bond acceptors (Lipinski definition) is 4. The van der Waals surface area contributed by atoms with E-state index in [1.807, 2.05) is 0 Å². The Kier molecular flexibility index (Phi) is 8.22. The van der Waals surface area contributed by atoms with Crippen LogP contribution in [-0.4, -0.2) is 44.0 Å². The first-order valence-electron chi connectivity index (χ1n) is 7.26. The molecule has 0 amide bonds. The highest BCUT2D eigenvalue weighted by Crippen LogP contribution is 2.25. The third-order valence-corrected chi connectivity index (χ3v) is 4.58. The number of methoxy groups -OCH3 is 1. The predicted molar refractivity (Wildman–Crippen MR) is 88.4 cm³/mol. The summed E-state index contributed by atoms with van der Waals surface area (Å²) in [6.07, 6.45) is 3.21. The molecule has 0 fully saturated rings. The van der Waals surface area contributed by atoms with Crippen LogP contribution in [0.1, 0.15) is 31.9 Å². The second-order valence-corrected chi connectivity index (χ2v) is 5.89. The summed E-state index contributed by atoms with van der Waals surface area (Å²) in [7, 11) is 1.75. The van der Waals surface area contributed by atoms with Gasteiger partial charge in [0.25, 0.3) is 0 Å². The van der Waals surface area contributed by atoms with Crippen LogP contribution in [-0.2, 0) is 4.74 Å². The molecule has 0 saturated heterocycles. The standard InChI is InChI=1S/C16H28N2OS/c1-5-13(2)18(10-11-19-3)16(12-17)14-6-8-15(20-4)9-7-14/h6-9,13,16H,5,10-12,17H2,1-4H3. The van der Waals surface area contributed by atoms with Crippen molar-refractivity contribution in [3.8, 4) is 0 Å². The molecule has 1 aromatic carbocycles. The highest BCUT2D eigenvalue weighted by Gasteiger charge is 2.22. The van der Waals surface area contributed by atoms with Crippen molar-refractivity contribution < 1.29 is 4.74 Å². The minimum absolute atomic E-state index is 0.260. The Hall–Kier alpha value is -0.550. The van der Waals surface area contributed by atoms with Gasteiger partial charge in [0.2, 0.25) is 0 Å². The Morgan fingerprint density at radius 1 is 1.30 bits per heavy atom. The lowest BCUT2D eigenvalue weighted by molar-refractivity contribution is 0.0902. The summed E-state index contributed by atoms with van der Waals surface area (Å²) in [5.74, 6) is 0. The quantitative estimate of drug-likeness (QED) is 0.711. The largest absolute Gasteiger partial charge is 0.383 e. The van der Waals surface area contributed by atoms with Gasteiger partial charge >= 0.3 is 0 Å². The van der Waals surface area contributed by atoms with Crippen LogP contribution in [0.15, 0.2) is 29.2 Å². The minimum atomic E-state index is 0.260. The molecule has 0 aliphatic rings. The Balaban J connectivity index is 2.91. The number of nitrogens with zero attached hydrogens (tertiary/aromatic N) is 1. The maximum absolute atomic E-state index is 6.05. The fourth-order valence-corrected chi connectivity index (χ4v) is 2.81. The molecule has 2 N–H and O–H groups in total. The third kappa shape index (κ3) is 4.77. The molecule has 0 aliphatic carbocycles. The molecule has 2 atom stereocenters. The van der Waals surface area contributed by atoms with Gasteiger partial charge in [-0.1, -0.05) is 19.1 Å². The first-order valence-corrected chi connectivity index (χ1v) is 8.49. The molecule has 1 aromatic rings. The van der Waals surface area contributed by atoms with Crippen LogP contribution in [0.2, 0.25) is 0 Å². The zero-order valence-corrected chi connectivity index (χ0v) is 14.0. The molecule has 0 spiro atoms. The lowest BCUT2D eigenvalue weighted by Crippen LogP contribution is -2.41. The average Bonchev–Trinajstić information content (AvgIpc) is 2.51. The molecule has 0 bridgehead atoms. The molecular formula is C16H28N2OS. The summed E-state index contributed by atoms with van der Waals surface area (Å²) < 4.78 is 5.25. The molecule has 1 rings (SSSR count). The van der Waals surface area contributed by atoms with E-state index in [-0.39, 0.29) is 6.04 Å². The number of thioether (sulfide) groups is 1. The number of benzene rings is 1. The maximum atomic E-state index is 6.05. The van der Waals surface area contributed by atoms with Gasteiger partial charge < -0.3 is 10.5 Å². The Bertz CT molecular complexity index is 369. The summed E-state index contributed by atoms with van der Waals surface area (Å²) in [6.45, 7) is 6.76. The van der Waals surface area contributed by atoms with Crippen molar-refractivity contribution in [2.24, 2.45) is 5.73 Å². The van der Waals surface area contributed by atoms with Gasteiger partial charge in [0.05, 0.1) is 6.61 Å². The Morgan fingerprint density at radius 3 is 2.40 bits per heavy atom. The average molecular weight is 296 g/mol. The lowest BCUT2D eigenvalue weighted by atomic mass is 10.0. The first-order chi connectivity index (χ1) is 9.67. The van der Waals surface area contributed by atoms with E-state index >= 15 is 0 Å². The van der Waals surface area contributed by atoms with E-state index in [0.717, 1.165) is 19.6 Å². The molecule has 0 aliphatic heterocycles. The smallest absolute Gasteiger partial charge is 0.0590 e. The summed E-state index contributed by atoms with van der Waals surface area (Å²) in [5.41, 5.74) is 7.35. The van der Waals surface area contributed by atoms with E-state index in [1.165, 1.54) is 10.5 Å². The van der Waals surface area contributed by atoms with Crippen molar-refractivity contribution in [2.45, 2.75) is 37.2 Å². The molecule has 0 aromatic heterocycles. The van der Waals surface area contributed by atoms with E-state index in [2.05, 4.69) is 49.3 Å². The molecule has 114 valence electrons. The zero-order chi connectivity index (χ0) is 15.0. The lowest BCUT2D eigenvalue weighted by Gasteiger charge is -2.35. The van der Waals surface area contributed by atoms with Gasteiger partial charge in [-0.05, 0) is 37.3 Å². The molecule has 0 saturated carbocycles. The summed E-state index contributed by atoms with van der Waals surface area (Å²) in [4.78, 5) is 3.74. The highest BCUT2D eigenvalue weighted by atomic mass is 32.2. The van der Waals surface area contributed by atoms with Crippen molar-refractivity contribution in [2.75, 3.05) is 33.1 Å². The molecule has 0 heterocycles. The van der Waals surface area contributed by atoms with Gasteiger partial charge in [-0.25, -0.2) is 0 Å². The fraction of sp³-hybridized carbons (Fsp3) is 0.625. The SMILES string of the molecule is CCC(C)N(CCOC)C(CN)c1ccc(SC)cc1. The molecule has 0 radical (unpaired) electrons. The van der Waals surface area contributed by atoms with Gasteiger partial charge in [0.15, 0.2) is 0 Å². The van der Waals surface area contributed by atoms with Crippen molar-refractivity contribution in [3.05, 3.63) is 29.8 Å². The van der Waals surface area contributed by atoms with Gasteiger partial charge in [0.1, 0.15) is 0 Å². The number of nitrogens with two attached hydrogens (primary N) is 1. The van der Waals surface area contributed by atoms with Crippen molar-refractivity contribution in [1.82, 2.24) is 4.90 Å². The maximum Gasteiger partial charge on any atom is 0.0590 e. The van der Waals surface area contributed by atoms with Gasteiger partial charge in [-0.15, -0.1) is 11.8 Å². The molecule has 4 heteroatoms. The van der Waals surface area contributed by atoms with E-state index in [9.17, 15) is 0 Å². The van der Waals surface area contributed by atoms with Gasteiger partial charge in [-0.2, -0.15) is 0 Å². The number of ether oxygens (including phenoxy) is 1. The van der Waals surface area contributed by atoms with Crippen LogP contribution >= 0.6 is 11.8 Å². The zero-order valence-electron chi connectivity index (χ0n) is 13.1. The second kappa shape index (κ2) is 9.40. The number of rotatable bonds is 9. The first kappa shape index (κ1) is 17.5. The fourth-order valence-electron chi connectivity index (χ4n) is 2.40. The summed E-state index contributed by atoms with van der Waals surface area (Å²) in [5, 5.41) is 0. The van der Waals surface area contributed by atoms with E-state index in [1.54, 1.807) is 18.9 Å². The summed E-state index contributed by atoms with van der Waals surface area (Å²) in [6, 6.07) is 9.51. The van der Waals surface area contributed by atoms with Crippen LogP contribution in [0.5, 0.6) is 0 Å².